The van der Waals surface area contributed by atoms with E-state index in [9.17, 15) is 18.0 Å². The zero-order valence-corrected chi connectivity index (χ0v) is 11.8. The summed E-state index contributed by atoms with van der Waals surface area (Å²) in [5.41, 5.74) is -0.812. The Bertz CT molecular complexity index is 1020. The Hall–Kier alpha value is -3.40. The molecular weight excluding hydrogens is 321 g/mol. The van der Waals surface area contributed by atoms with Gasteiger partial charge in [0, 0.05) is 29.1 Å². The van der Waals surface area contributed by atoms with Gasteiger partial charge in [-0.25, -0.2) is 18.0 Å². The lowest BCUT2D eigenvalue weighted by Gasteiger charge is -2.10. The van der Waals surface area contributed by atoms with Gasteiger partial charge in [-0.3, -0.25) is 4.98 Å². The molecule has 0 radical (unpaired) electrons. The highest BCUT2D eigenvalue weighted by Gasteiger charge is 2.19. The Balaban J connectivity index is 2.43. The number of nitriles is 1. The molecule has 3 rings (SSSR count). The maximum atomic E-state index is 14.1. The van der Waals surface area contributed by atoms with E-state index in [0.717, 1.165) is 6.20 Å². The molecule has 0 saturated heterocycles. The van der Waals surface area contributed by atoms with Crippen LogP contribution in [0.4, 0.5) is 13.2 Å². The van der Waals surface area contributed by atoms with Crippen LogP contribution in [0, 0.1) is 28.8 Å². The molecule has 1 aromatic heterocycles. The van der Waals surface area contributed by atoms with Gasteiger partial charge in [-0.1, -0.05) is 6.07 Å². The fourth-order valence-corrected chi connectivity index (χ4v) is 2.43. The number of carboxylic acids is 1. The number of fused-ring (bicyclic) bond motifs is 1. The van der Waals surface area contributed by atoms with E-state index in [1.807, 2.05) is 6.07 Å². The lowest BCUT2D eigenvalue weighted by atomic mass is 9.98. The maximum absolute atomic E-state index is 14.1. The summed E-state index contributed by atoms with van der Waals surface area (Å²) in [6.07, 6.45) is 1.13. The van der Waals surface area contributed by atoms with E-state index in [-0.39, 0.29) is 27.6 Å². The van der Waals surface area contributed by atoms with Crippen molar-refractivity contribution in [3.05, 3.63) is 65.1 Å². The fraction of sp³-hybridized carbons (Fsp3) is 0. The molecule has 0 spiro atoms. The van der Waals surface area contributed by atoms with Crippen LogP contribution in [0.1, 0.15) is 15.9 Å². The number of hydrogen-bond donors (Lipinski definition) is 1. The zero-order valence-electron chi connectivity index (χ0n) is 11.8. The first-order valence-corrected chi connectivity index (χ1v) is 6.63. The van der Waals surface area contributed by atoms with Crippen LogP contribution in [0.2, 0.25) is 0 Å². The first kappa shape index (κ1) is 15.5. The first-order valence-electron chi connectivity index (χ1n) is 6.63. The van der Waals surface area contributed by atoms with Crippen LogP contribution < -0.4 is 0 Å². The third kappa shape index (κ3) is 2.44. The second-order valence-corrected chi connectivity index (χ2v) is 4.94. The third-order valence-corrected chi connectivity index (χ3v) is 3.50. The molecule has 0 fully saturated rings. The highest BCUT2D eigenvalue weighted by Crippen LogP contribution is 2.33. The van der Waals surface area contributed by atoms with E-state index >= 15 is 0 Å². The van der Waals surface area contributed by atoms with E-state index in [2.05, 4.69) is 4.98 Å². The number of halogens is 3. The van der Waals surface area contributed by atoms with Crippen LogP contribution in [0.25, 0.3) is 22.0 Å². The number of rotatable bonds is 2. The minimum Gasteiger partial charge on any atom is -0.478 e. The summed E-state index contributed by atoms with van der Waals surface area (Å²) in [6.45, 7) is 0. The van der Waals surface area contributed by atoms with Crippen molar-refractivity contribution >= 4 is 16.7 Å². The molecule has 1 heterocycles. The van der Waals surface area contributed by atoms with Crippen LogP contribution >= 0.6 is 0 Å². The van der Waals surface area contributed by atoms with Gasteiger partial charge in [0.1, 0.15) is 23.5 Å². The van der Waals surface area contributed by atoms with Crippen molar-refractivity contribution in [2.45, 2.75) is 0 Å². The van der Waals surface area contributed by atoms with Crippen LogP contribution in [0.15, 0.2) is 36.5 Å². The second kappa shape index (κ2) is 5.66. The van der Waals surface area contributed by atoms with Gasteiger partial charge in [-0.2, -0.15) is 5.26 Å². The Labute approximate surface area is 133 Å². The molecule has 0 amide bonds. The zero-order chi connectivity index (χ0) is 17.4. The number of aromatic carboxylic acids is 1. The van der Waals surface area contributed by atoms with Gasteiger partial charge in [0.2, 0.25) is 0 Å². The van der Waals surface area contributed by atoms with Crippen molar-refractivity contribution in [2.24, 2.45) is 0 Å². The molecule has 2 aromatic carbocycles. The molecule has 1 N–H and O–H groups in total. The highest BCUT2D eigenvalue weighted by atomic mass is 19.1. The molecule has 0 atom stereocenters. The predicted molar refractivity (Wildman–Crippen MR) is 78.7 cm³/mol. The van der Waals surface area contributed by atoms with E-state index in [0.29, 0.717) is 12.1 Å². The van der Waals surface area contributed by atoms with Crippen molar-refractivity contribution in [1.29, 1.82) is 5.26 Å². The molecular formula is C17H7F3N2O2. The van der Waals surface area contributed by atoms with E-state index in [4.69, 9.17) is 10.4 Å². The molecule has 0 bridgehead atoms. The summed E-state index contributed by atoms with van der Waals surface area (Å²) in [4.78, 5) is 15.0. The molecule has 0 unspecified atom stereocenters. The summed E-state index contributed by atoms with van der Waals surface area (Å²) in [6, 6.07) is 6.69. The number of nitrogens with zero attached hydrogens (tertiary/aromatic N) is 2. The van der Waals surface area contributed by atoms with Gasteiger partial charge in [0.05, 0.1) is 22.4 Å². The monoisotopic (exact) mass is 328 g/mol. The molecule has 3 aromatic rings. The standard InChI is InChI=1S/C17H7F3N2O2/c18-10-4-13(19)15(14(20)5-10)16-12-3-8(17(23)24)1-2-11(12)9(6-21)7-22-16/h1-5,7H,(H,23,24). The minimum atomic E-state index is -1.25. The third-order valence-electron chi connectivity index (χ3n) is 3.50. The summed E-state index contributed by atoms with van der Waals surface area (Å²) in [5.74, 6) is -4.68. The number of benzene rings is 2. The van der Waals surface area contributed by atoms with Crippen LogP contribution in [0.5, 0.6) is 0 Å². The lowest BCUT2D eigenvalue weighted by molar-refractivity contribution is 0.0697. The molecule has 24 heavy (non-hydrogen) atoms. The number of carbonyl (C=O) groups is 1. The quantitative estimate of drug-likeness (QED) is 0.774. The topological polar surface area (TPSA) is 74.0 Å². The summed E-state index contributed by atoms with van der Waals surface area (Å²) < 4.78 is 41.2. The van der Waals surface area contributed by atoms with E-state index in [1.165, 1.54) is 18.2 Å². The smallest absolute Gasteiger partial charge is 0.335 e. The van der Waals surface area contributed by atoms with Crippen LogP contribution in [-0.2, 0) is 0 Å². The molecule has 0 aliphatic carbocycles. The van der Waals surface area contributed by atoms with E-state index < -0.39 is 29.0 Å². The predicted octanol–water partition coefficient (Wildman–Crippen LogP) is 3.89. The molecule has 7 heteroatoms. The number of pyridine rings is 1. The van der Waals surface area contributed by atoms with Crippen molar-refractivity contribution < 1.29 is 23.1 Å². The molecule has 0 saturated carbocycles. The Morgan fingerprint density at radius 1 is 1.08 bits per heavy atom. The number of carboxylic acid groups (broad SMARTS) is 1. The van der Waals surface area contributed by atoms with E-state index in [1.54, 1.807) is 0 Å². The van der Waals surface area contributed by atoms with Crippen LogP contribution in [-0.4, -0.2) is 16.1 Å². The van der Waals surface area contributed by atoms with Crippen molar-refractivity contribution in [3.8, 4) is 17.3 Å². The fourth-order valence-electron chi connectivity index (χ4n) is 2.43. The average Bonchev–Trinajstić information content (AvgIpc) is 2.53. The Morgan fingerprint density at radius 2 is 1.75 bits per heavy atom. The van der Waals surface area contributed by atoms with Gasteiger partial charge in [-0.15, -0.1) is 0 Å². The lowest BCUT2D eigenvalue weighted by Crippen LogP contribution is -2.00. The van der Waals surface area contributed by atoms with Crippen LogP contribution in [0.3, 0.4) is 0 Å². The number of hydrogen-bond acceptors (Lipinski definition) is 3. The van der Waals surface area contributed by atoms with Gasteiger partial charge in [0.25, 0.3) is 0 Å². The van der Waals surface area contributed by atoms with Gasteiger partial charge >= 0.3 is 5.97 Å². The number of aromatic nitrogens is 1. The first-order chi connectivity index (χ1) is 11.4. The maximum Gasteiger partial charge on any atom is 0.335 e. The summed E-state index contributed by atoms with van der Waals surface area (Å²) in [7, 11) is 0. The second-order valence-electron chi connectivity index (χ2n) is 4.94. The minimum absolute atomic E-state index is 0.0818. The highest BCUT2D eigenvalue weighted by molar-refractivity contribution is 6.02. The largest absolute Gasteiger partial charge is 0.478 e. The van der Waals surface area contributed by atoms with Crippen molar-refractivity contribution in [3.63, 3.8) is 0 Å². The van der Waals surface area contributed by atoms with Crippen molar-refractivity contribution in [1.82, 2.24) is 4.98 Å². The Morgan fingerprint density at radius 3 is 2.33 bits per heavy atom. The average molecular weight is 328 g/mol. The Kier molecular flexibility index (Phi) is 3.66. The van der Waals surface area contributed by atoms with Gasteiger partial charge < -0.3 is 5.11 Å². The molecule has 0 aliphatic rings. The van der Waals surface area contributed by atoms with Gasteiger partial charge in [-0.05, 0) is 12.1 Å². The summed E-state index contributed by atoms with van der Waals surface area (Å²) >= 11 is 0. The van der Waals surface area contributed by atoms with Gasteiger partial charge in [0.15, 0.2) is 0 Å². The SMILES string of the molecule is N#Cc1cnc(-c2c(F)cc(F)cc2F)c2cc(C(=O)O)ccc12. The molecule has 0 aliphatic heterocycles. The molecule has 4 nitrogen and oxygen atoms in total. The van der Waals surface area contributed by atoms with Crippen molar-refractivity contribution in [2.75, 3.05) is 0 Å². The normalized spacial score (nSPS) is 10.6. The molecule has 118 valence electrons. The summed E-state index contributed by atoms with van der Waals surface area (Å²) in [5, 5.41) is 18.6.